The molecule has 0 unspecified atom stereocenters. The first kappa shape index (κ1) is 16.6. The first-order valence-corrected chi connectivity index (χ1v) is 11.0. The fourth-order valence-electron chi connectivity index (χ4n) is 6.37. The smallest absolute Gasteiger partial charge is 0.180 e. The number of hydrogen-bond acceptors (Lipinski definition) is 3. The van der Waals surface area contributed by atoms with Crippen LogP contribution in [0.15, 0.2) is 83.0 Å². The average Bonchev–Trinajstić information content (AvgIpc) is 3.12. The van der Waals surface area contributed by atoms with E-state index in [0.29, 0.717) is 5.92 Å². The van der Waals surface area contributed by atoms with E-state index in [4.69, 9.17) is 4.99 Å². The highest BCUT2D eigenvalue weighted by molar-refractivity contribution is 6.21. The first-order chi connectivity index (χ1) is 14.8. The third-order valence-electron chi connectivity index (χ3n) is 7.58. The van der Waals surface area contributed by atoms with Gasteiger partial charge in [-0.2, -0.15) is 0 Å². The van der Waals surface area contributed by atoms with Crippen molar-refractivity contribution in [2.75, 3.05) is 0 Å². The lowest BCUT2D eigenvalue weighted by Crippen LogP contribution is -2.51. The van der Waals surface area contributed by atoms with Crippen LogP contribution in [0.2, 0.25) is 0 Å². The summed E-state index contributed by atoms with van der Waals surface area (Å²) in [5.41, 5.74) is 9.77. The van der Waals surface area contributed by atoms with Crippen LogP contribution in [0.1, 0.15) is 41.5 Å². The van der Waals surface area contributed by atoms with E-state index in [9.17, 15) is 4.79 Å². The molecule has 2 atom stereocenters. The molecule has 0 fully saturated rings. The second kappa shape index (κ2) is 5.69. The molecule has 0 bridgehead atoms. The molecule has 2 heterocycles. The molecule has 146 valence electrons. The summed E-state index contributed by atoms with van der Waals surface area (Å²) in [6, 6.07) is 17.6. The van der Waals surface area contributed by atoms with Crippen molar-refractivity contribution in [3.63, 3.8) is 0 Å². The molecule has 3 heteroatoms. The van der Waals surface area contributed by atoms with Crippen LogP contribution in [-0.2, 0) is 23.3 Å². The fourth-order valence-corrected chi connectivity index (χ4v) is 6.37. The van der Waals surface area contributed by atoms with Crippen molar-refractivity contribution in [1.82, 2.24) is 4.90 Å². The Hall–Kier alpha value is -3.20. The number of benzene rings is 2. The Morgan fingerprint density at radius 2 is 1.77 bits per heavy atom. The lowest BCUT2D eigenvalue weighted by molar-refractivity contribution is -0.110. The molecule has 0 N–H and O–H groups in total. The maximum atomic E-state index is 12.4. The van der Waals surface area contributed by atoms with E-state index >= 15 is 0 Å². The monoisotopic (exact) mass is 390 g/mol. The molecule has 0 aromatic heterocycles. The molecule has 2 aromatic rings. The summed E-state index contributed by atoms with van der Waals surface area (Å²) in [5, 5.41) is 0. The van der Waals surface area contributed by atoms with Crippen molar-refractivity contribution in [2.45, 2.75) is 37.8 Å². The molecular weight excluding hydrogens is 368 g/mol. The molecule has 2 aliphatic heterocycles. The summed E-state index contributed by atoms with van der Waals surface area (Å²) in [7, 11) is 0. The lowest BCUT2D eigenvalue weighted by Gasteiger charge is -2.53. The third-order valence-corrected chi connectivity index (χ3v) is 7.58. The minimum atomic E-state index is -0.436. The van der Waals surface area contributed by atoms with Gasteiger partial charge in [0.05, 0.1) is 17.1 Å². The Morgan fingerprint density at radius 3 is 2.70 bits per heavy atom. The summed E-state index contributed by atoms with van der Waals surface area (Å²) in [5.74, 6) is 0.484. The molecular formula is C27H22N2O. The average molecular weight is 390 g/mol. The number of ketones is 1. The predicted molar refractivity (Wildman–Crippen MR) is 118 cm³/mol. The molecule has 3 aliphatic carbocycles. The number of rotatable bonds is 0. The third kappa shape index (κ3) is 1.95. The van der Waals surface area contributed by atoms with Crippen molar-refractivity contribution >= 4 is 17.2 Å². The van der Waals surface area contributed by atoms with Crippen molar-refractivity contribution in [3.8, 4) is 0 Å². The molecule has 5 aliphatic rings. The van der Waals surface area contributed by atoms with Gasteiger partial charge >= 0.3 is 0 Å². The van der Waals surface area contributed by atoms with Gasteiger partial charge < -0.3 is 4.90 Å². The summed E-state index contributed by atoms with van der Waals surface area (Å²) < 4.78 is 0. The zero-order valence-electron chi connectivity index (χ0n) is 16.8. The number of allylic oxidation sites excluding steroid dienone is 4. The van der Waals surface area contributed by atoms with E-state index in [1.807, 2.05) is 6.08 Å². The predicted octanol–water partition coefficient (Wildman–Crippen LogP) is 4.94. The molecule has 30 heavy (non-hydrogen) atoms. The molecule has 2 aromatic carbocycles. The van der Waals surface area contributed by atoms with Crippen LogP contribution in [0.25, 0.3) is 5.70 Å². The first-order valence-electron chi connectivity index (χ1n) is 11.0. The van der Waals surface area contributed by atoms with Crippen LogP contribution in [0.5, 0.6) is 0 Å². The second-order valence-corrected chi connectivity index (χ2v) is 9.03. The van der Waals surface area contributed by atoms with Crippen LogP contribution < -0.4 is 0 Å². The Labute approximate surface area is 176 Å². The maximum absolute atomic E-state index is 12.4. The highest BCUT2D eigenvalue weighted by Gasteiger charge is 2.58. The largest absolute Gasteiger partial charge is 0.309 e. The lowest BCUT2D eigenvalue weighted by atomic mass is 9.67. The van der Waals surface area contributed by atoms with Gasteiger partial charge in [-0.3, -0.25) is 4.79 Å². The Balaban J connectivity index is 1.57. The summed E-state index contributed by atoms with van der Waals surface area (Å²) in [4.78, 5) is 20.3. The number of nitrogens with zero attached hydrogens (tertiary/aromatic N) is 2. The molecule has 0 saturated carbocycles. The van der Waals surface area contributed by atoms with E-state index in [1.165, 1.54) is 33.5 Å². The molecule has 1 spiro atoms. The molecule has 7 rings (SSSR count). The van der Waals surface area contributed by atoms with Gasteiger partial charge in [-0.05, 0) is 61.0 Å². The molecule has 3 nitrogen and oxygen atoms in total. The number of aryl methyl sites for hydroxylation is 2. The van der Waals surface area contributed by atoms with Gasteiger partial charge in [0.1, 0.15) is 0 Å². The maximum Gasteiger partial charge on any atom is 0.180 e. The number of carbonyl (C=O) groups excluding carboxylic acids is 1. The zero-order chi connectivity index (χ0) is 19.9. The van der Waals surface area contributed by atoms with E-state index in [0.717, 1.165) is 43.5 Å². The summed E-state index contributed by atoms with van der Waals surface area (Å²) in [6.45, 7) is 0. The van der Waals surface area contributed by atoms with E-state index in [2.05, 4.69) is 53.4 Å². The minimum Gasteiger partial charge on any atom is -0.309 e. The van der Waals surface area contributed by atoms with Crippen LogP contribution in [0.4, 0.5) is 0 Å². The Bertz CT molecular complexity index is 1260. The highest BCUT2D eigenvalue weighted by Crippen LogP contribution is 2.60. The molecule has 0 amide bonds. The number of fused-ring (bicyclic) bond motifs is 6. The van der Waals surface area contributed by atoms with Crippen molar-refractivity contribution in [1.29, 1.82) is 0 Å². The summed E-state index contributed by atoms with van der Waals surface area (Å²) in [6.07, 6.45) is 10.9. The van der Waals surface area contributed by atoms with Crippen LogP contribution in [0.3, 0.4) is 0 Å². The minimum absolute atomic E-state index is 0.0541. The van der Waals surface area contributed by atoms with Crippen LogP contribution in [-0.4, -0.2) is 16.4 Å². The van der Waals surface area contributed by atoms with Gasteiger partial charge in [0.25, 0.3) is 0 Å². The van der Waals surface area contributed by atoms with Crippen molar-refractivity contribution in [3.05, 3.63) is 100 Å². The van der Waals surface area contributed by atoms with Gasteiger partial charge in [0.2, 0.25) is 0 Å². The quantitative estimate of drug-likeness (QED) is 0.597. The van der Waals surface area contributed by atoms with Crippen LogP contribution >= 0.6 is 0 Å². The fraction of sp³-hybridized carbons (Fsp3) is 0.259. The van der Waals surface area contributed by atoms with Crippen molar-refractivity contribution in [2.24, 2.45) is 10.9 Å². The van der Waals surface area contributed by atoms with Gasteiger partial charge in [-0.15, -0.1) is 0 Å². The number of hydrogen-bond donors (Lipinski definition) is 0. The van der Waals surface area contributed by atoms with Crippen LogP contribution in [0, 0.1) is 5.92 Å². The Morgan fingerprint density at radius 1 is 0.933 bits per heavy atom. The van der Waals surface area contributed by atoms with E-state index in [-0.39, 0.29) is 5.78 Å². The van der Waals surface area contributed by atoms with E-state index < -0.39 is 5.66 Å². The van der Waals surface area contributed by atoms with Gasteiger partial charge in [0.15, 0.2) is 11.4 Å². The molecule has 0 saturated heterocycles. The highest BCUT2D eigenvalue weighted by atomic mass is 16.1. The van der Waals surface area contributed by atoms with Crippen molar-refractivity contribution < 1.29 is 4.79 Å². The number of aliphatic imine (C=N–C) groups is 1. The SMILES string of the molecule is O=C1C=CC2=N[C@@]34c5ccccc5CC[C@@H]3CC3=C(c5ccccc5CC3)N4C2=C1. The normalized spacial score (nSPS) is 27.9. The Kier molecular flexibility index (Phi) is 3.15. The molecule has 0 radical (unpaired) electrons. The van der Waals surface area contributed by atoms with Gasteiger partial charge in [-0.25, -0.2) is 4.99 Å². The zero-order valence-corrected chi connectivity index (χ0v) is 16.8. The number of carbonyl (C=O) groups is 1. The van der Waals surface area contributed by atoms with Gasteiger partial charge in [-0.1, -0.05) is 48.5 Å². The van der Waals surface area contributed by atoms with E-state index in [1.54, 1.807) is 12.2 Å². The second-order valence-electron chi connectivity index (χ2n) is 9.03. The van der Waals surface area contributed by atoms with Gasteiger partial charge in [0, 0.05) is 23.1 Å². The standard InChI is InChI=1S/C27H22N2O/c30-21-13-14-24-25(16-21)29-26-19(10-9-17-5-1-3-7-22(17)26)15-20-12-11-18-6-2-4-8-23(18)27(20,29)28-24/h1-8,13-14,16,20H,9-12,15H2/t20-,27+/m1/s1. The topological polar surface area (TPSA) is 32.7 Å². The summed E-state index contributed by atoms with van der Waals surface area (Å²) >= 11 is 0.